The first-order valence-corrected chi connectivity index (χ1v) is 8.77. The van der Waals surface area contributed by atoms with E-state index in [0.29, 0.717) is 19.1 Å². The lowest BCUT2D eigenvalue weighted by atomic mass is 9.92. The van der Waals surface area contributed by atoms with Crippen molar-refractivity contribution < 1.29 is 9.53 Å². The maximum atomic E-state index is 12.4. The molecule has 1 aliphatic rings. The summed E-state index contributed by atoms with van der Waals surface area (Å²) in [7, 11) is 0. The number of hydrogen-bond donors (Lipinski definition) is 2. The number of amides is 1. The van der Waals surface area contributed by atoms with Gasteiger partial charge in [0.2, 0.25) is 5.91 Å². The van der Waals surface area contributed by atoms with E-state index < -0.39 is 6.04 Å². The Kier molecular flexibility index (Phi) is 8.90. The van der Waals surface area contributed by atoms with Gasteiger partial charge in [-0.05, 0) is 48.9 Å². The van der Waals surface area contributed by atoms with Crippen LogP contribution in [0.3, 0.4) is 0 Å². The molecule has 5 nitrogen and oxygen atoms in total. The number of carbonyl (C=O) groups is 1. The summed E-state index contributed by atoms with van der Waals surface area (Å²) in [5.41, 5.74) is 8.13. The third kappa shape index (κ3) is 5.36. The van der Waals surface area contributed by atoms with E-state index in [1.54, 1.807) is 0 Å². The molecule has 0 saturated carbocycles. The zero-order chi connectivity index (χ0) is 17.1. The normalized spacial score (nSPS) is 16.0. The highest BCUT2D eigenvalue weighted by molar-refractivity contribution is 5.97. The van der Waals surface area contributed by atoms with E-state index in [-0.39, 0.29) is 36.6 Å². The van der Waals surface area contributed by atoms with Crippen LogP contribution in [0, 0.1) is 11.8 Å². The lowest BCUT2D eigenvalue weighted by molar-refractivity contribution is -0.119. The minimum absolute atomic E-state index is 0. The Labute approximate surface area is 167 Å². The second kappa shape index (κ2) is 10.2. The third-order valence-electron chi connectivity index (χ3n) is 4.68. The summed E-state index contributed by atoms with van der Waals surface area (Å²) < 4.78 is 7.59. The molecule has 3 N–H and O–H groups in total. The lowest BCUT2D eigenvalue weighted by Gasteiger charge is -2.26. The fourth-order valence-electron chi connectivity index (χ4n) is 3.35. The lowest BCUT2D eigenvalue weighted by Crippen LogP contribution is -2.43. The highest BCUT2D eigenvalue weighted by Gasteiger charge is 2.26. The number of benzene rings is 1. The van der Waals surface area contributed by atoms with Gasteiger partial charge in [0.05, 0.1) is 6.04 Å². The Bertz CT molecular complexity index is 712. The van der Waals surface area contributed by atoms with Gasteiger partial charge in [-0.3, -0.25) is 4.79 Å². The number of aromatic nitrogens is 1. The molecule has 2 heterocycles. The largest absolute Gasteiger partial charge is 0.381 e. The smallest absolute Gasteiger partial charge is 0.241 e. The SMILES string of the molecule is CC(C)Cn1ccc2cc(NC(=O)C(N)C3CCOCC3)ccc21.Cl.Cl. The van der Waals surface area contributed by atoms with Gasteiger partial charge in [-0.2, -0.15) is 0 Å². The molecule has 0 bridgehead atoms. The fraction of sp³-hybridized carbons (Fsp3) is 0.526. The van der Waals surface area contributed by atoms with Crippen LogP contribution in [0.2, 0.25) is 0 Å². The van der Waals surface area contributed by atoms with E-state index in [1.165, 1.54) is 5.52 Å². The van der Waals surface area contributed by atoms with E-state index >= 15 is 0 Å². The Hall–Kier alpha value is -1.27. The summed E-state index contributed by atoms with van der Waals surface area (Å²) in [5, 5.41) is 4.10. The number of nitrogens with two attached hydrogens (primary N) is 1. The molecule has 0 aliphatic carbocycles. The molecule has 0 spiro atoms. The van der Waals surface area contributed by atoms with Crippen molar-refractivity contribution in [1.29, 1.82) is 0 Å². The summed E-state index contributed by atoms with van der Waals surface area (Å²) in [4.78, 5) is 12.4. The molecule has 1 aromatic heterocycles. The first-order valence-electron chi connectivity index (χ1n) is 8.77. The summed E-state index contributed by atoms with van der Waals surface area (Å²) in [6.45, 7) is 6.79. The van der Waals surface area contributed by atoms with Gasteiger partial charge in [-0.1, -0.05) is 13.8 Å². The maximum absolute atomic E-state index is 12.4. The van der Waals surface area contributed by atoms with Crippen molar-refractivity contribution in [3.63, 3.8) is 0 Å². The van der Waals surface area contributed by atoms with Crippen LogP contribution in [0.25, 0.3) is 10.9 Å². The van der Waals surface area contributed by atoms with Crippen LogP contribution in [0.4, 0.5) is 5.69 Å². The summed E-state index contributed by atoms with van der Waals surface area (Å²) in [6, 6.07) is 7.64. The van der Waals surface area contributed by atoms with Crippen molar-refractivity contribution >= 4 is 47.3 Å². The highest BCUT2D eigenvalue weighted by Crippen LogP contribution is 2.23. The van der Waals surface area contributed by atoms with Gasteiger partial charge in [0, 0.05) is 42.5 Å². The zero-order valence-electron chi connectivity index (χ0n) is 15.3. The monoisotopic (exact) mass is 401 g/mol. The number of nitrogens with one attached hydrogen (secondary N) is 1. The summed E-state index contributed by atoms with van der Waals surface area (Å²) >= 11 is 0. The molecule has 26 heavy (non-hydrogen) atoms. The third-order valence-corrected chi connectivity index (χ3v) is 4.68. The van der Waals surface area contributed by atoms with Gasteiger partial charge in [-0.25, -0.2) is 0 Å². The molecule has 7 heteroatoms. The molecule has 1 aromatic carbocycles. The van der Waals surface area contributed by atoms with Gasteiger partial charge in [-0.15, -0.1) is 24.8 Å². The van der Waals surface area contributed by atoms with Crippen molar-refractivity contribution in [2.24, 2.45) is 17.6 Å². The van der Waals surface area contributed by atoms with Crippen molar-refractivity contribution in [3.05, 3.63) is 30.5 Å². The quantitative estimate of drug-likeness (QED) is 0.799. The number of fused-ring (bicyclic) bond motifs is 1. The van der Waals surface area contributed by atoms with Crippen LogP contribution in [0.5, 0.6) is 0 Å². The molecule has 1 atom stereocenters. The van der Waals surface area contributed by atoms with Crippen LogP contribution < -0.4 is 11.1 Å². The number of halogens is 2. The standard InChI is InChI=1S/C19H27N3O2.2ClH/c1-13(2)12-22-8-5-15-11-16(3-4-17(15)22)21-19(23)18(20)14-6-9-24-10-7-14;;/h3-5,8,11,13-14,18H,6-7,9-10,12,20H2,1-2H3,(H,21,23);2*1H. The predicted molar refractivity (Wildman–Crippen MR) is 111 cm³/mol. The minimum Gasteiger partial charge on any atom is -0.381 e. The molecule has 1 fully saturated rings. The first kappa shape index (κ1) is 22.8. The zero-order valence-corrected chi connectivity index (χ0v) is 16.9. The number of anilines is 1. The van der Waals surface area contributed by atoms with Crippen LogP contribution >= 0.6 is 24.8 Å². The summed E-state index contributed by atoms with van der Waals surface area (Å²) in [6.07, 6.45) is 3.81. The van der Waals surface area contributed by atoms with Crippen molar-refractivity contribution in [2.45, 2.75) is 39.3 Å². The maximum Gasteiger partial charge on any atom is 0.241 e. The molecular formula is C19H29Cl2N3O2. The van der Waals surface area contributed by atoms with Gasteiger partial charge < -0.3 is 20.4 Å². The van der Waals surface area contributed by atoms with E-state index in [1.807, 2.05) is 12.1 Å². The van der Waals surface area contributed by atoms with E-state index in [9.17, 15) is 4.79 Å². The molecule has 0 radical (unpaired) electrons. The van der Waals surface area contributed by atoms with E-state index in [2.05, 4.69) is 42.1 Å². The predicted octanol–water partition coefficient (Wildman–Crippen LogP) is 3.83. The molecule has 2 aromatic rings. The second-order valence-electron chi connectivity index (χ2n) is 7.10. The van der Waals surface area contributed by atoms with E-state index in [4.69, 9.17) is 10.5 Å². The van der Waals surface area contributed by atoms with E-state index in [0.717, 1.165) is 30.5 Å². The van der Waals surface area contributed by atoms with Crippen molar-refractivity contribution in [2.75, 3.05) is 18.5 Å². The summed E-state index contributed by atoms with van der Waals surface area (Å²) in [5.74, 6) is 0.690. The number of carbonyl (C=O) groups excluding carboxylic acids is 1. The molecule has 1 saturated heterocycles. The average Bonchev–Trinajstić information content (AvgIpc) is 2.96. The number of nitrogens with zero attached hydrogens (tertiary/aromatic N) is 1. The van der Waals surface area contributed by atoms with Gasteiger partial charge >= 0.3 is 0 Å². The molecule has 1 aliphatic heterocycles. The van der Waals surface area contributed by atoms with Crippen LogP contribution in [0.1, 0.15) is 26.7 Å². The van der Waals surface area contributed by atoms with Gasteiger partial charge in [0.15, 0.2) is 0 Å². The van der Waals surface area contributed by atoms with Gasteiger partial charge in [0.25, 0.3) is 0 Å². The Morgan fingerprint density at radius 1 is 1.27 bits per heavy atom. The Balaban J connectivity index is 0.00000169. The second-order valence-corrected chi connectivity index (χ2v) is 7.10. The van der Waals surface area contributed by atoms with Crippen molar-refractivity contribution in [3.8, 4) is 0 Å². The van der Waals surface area contributed by atoms with Crippen LogP contribution in [0.15, 0.2) is 30.5 Å². The number of rotatable bonds is 5. The molecule has 1 amide bonds. The Morgan fingerprint density at radius 3 is 2.62 bits per heavy atom. The minimum atomic E-state index is -0.477. The highest BCUT2D eigenvalue weighted by atomic mass is 35.5. The number of ether oxygens (including phenoxy) is 1. The molecule has 3 rings (SSSR count). The van der Waals surface area contributed by atoms with Gasteiger partial charge in [0.1, 0.15) is 0 Å². The van der Waals surface area contributed by atoms with Crippen LogP contribution in [-0.4, -0.2) is 29.7 Å². The van der Waals surface area contributed by atoms with Crippen molar-refractivity contribution in [1.82, 2.24) is 4.57 Å². The topological polar surface area (TPSA) is 69.3 Å². The number of hydrogen-bond acceptors (Lipinski definition) is 3. The fourth-order valence-corrected chi connectivity index (χ4v) is 3.35. The average molecular weight is 402 g/mol. The Morgan fingerprint density at radius 2 is 1.96 bits per heavy atom. The first-order chi connectivity index (χ1) is 11.5. The molecule has 1 unspecified atom stereocenters. The molecular weight excluding hydrogens is 373 g/mol. The molecule has 146 valence electrons. The van der Waals surface area contributed by atoms with Crippen LogP contribution in [-0.2, 0) is 16.1 Å².